The van der Waals surface area contributed by atoms with Crippen LogP contribution in [-0.4, -0.2) is 0 Å². The highest BCUT2D eigenvalue weighted by Crippen LogP contribution is 2.51. The number of anilines is 3. The number of nitrogens with zero attached hydrogens (tertiary/aromatic N) is 1. The molecule has 0 atom stereocenters. The summed E-state index contributed by atoms with van der Waals surface area (Å²) >= 11 is 1.88. The fraction of sp³-hybridized carbons (Fsp3) is 0.0566. The minimum atomic E-state index is -0.0901. The first kappa shape index (κ1) is 32.0. The number of benzene rings is 9. The van der Waals surface area contributed by atoms with Gasteiger partial charge in [0.05, 0.1) is 0 Å². The second-order valence-corrected chi connectivity index (χ2v) is 16.4. The third kappa shape index (κ3) is 5.13. The topological polar surface area (TPSA) is 3.24 Å². The monoisotopic (exact) mass is 719 g/mol. The van der Waals surface area contributed by atoms with Crippen molar-refractivity contribution < 1.29 is 0 Å². The van der Waals surface area contributed by atoms with Crippen LogP contribution in [0, 0.1) is 0 Å². The third-order valence-corrected chi connectivity index (χ3v) is 13.0. The highest BCUT2D eigenvalue weighted by Gasteiger charge is 2.35. The standard InChI is InChI=1S/C53H37NS/c1-53(2)48-14-8-7-13-45(48)46-28-27-43(33-49(46)53)54(41-23-17-35(18-24-41)39-16-15-34-9-3-4-11-38(34)31-39)42-25-19-36(20-26-42)40-22-29-50-47(32-40)52-44-12-6-5-10-37(44)21-30-51(52)55-50/h3-33H,1-2H3. The van der Waals surface area contributed by atoms with Gasteiger partial charge in [0.15, 0.2) is 0 Å². The molecule has 0 fully saturated rings. The average molecular weight is 720 g/mol. The van der Waals surface area contributed by atoms with Crippen molar-refractivity contribution in [3.63, 3.8) is 0 Å². The highest BCUT2D eigenvalue weighted by molar-refractivity contribution is 7.26. The van der Waals surface area contributed by atoms with Gasteiger partial charge in [0.25, 0.3) is 0 Å². The van der Waals surface area contributed by atoms with Gasteiger partial charge in [-0.25, -0.2) is 0 Å². The summed E-state index contributed by atoms with van der Waals surface area (Å²) < 4.78 is 2.66. The Morgan fingerprint density at radius 1 is 0.382 bits per heavy atom. The normalized spacial score (nSPS) is 13.1. The van der Waals surface area contributed by atoms with Gasteiger partial charge in [0, 0.05) is 42.6 Å². The molecule has 55 heavy (non-hydrogen) atoms. The quantitative estimate of drug-likeness (QED) is 0.171. The van der Waals surface area contributed by atoms with E-state index in [2.05, 4.69) is 207 Å². The van der Waals surface area contributed by atoms with E-state index in [1.165, 1.54) is 86.2 Å². The molecule has 2 heteroatoms. The van der Waals surface area contributed by atoms with Crippen molar-refractivity contribution in [1.82, 2.24) is 0 Å². The molecule has 0 radical (unpaired) electrons. The minimum Gasteiger partial charge on any atom is -0.310 e. The Bertz CT molecular complexity index is 3110. The summed E-state index contributed by atoms with van der Waals surface area (Å²) in [6, 6.07) is 69.7. The number of thiophene rings is 1. The van der Waals surface area contributed by atoms with Gasteiger partial charge >= 0.3 is 0 Å². The average Bonchev–Trinajstić information content (AvgIpc) is 3.73. The molecular weight excluding hydrogens is 683 g/mol. The Morgan fingerprint density at radius 2 is 0.945 bits per heavy atom. The number of fused-ring (bicyclic) bond motifs is 9. The second kappa shape index (κ2) is 12.3. The Balaban J connectivity index is 1.01. The van der Waals surface area contributed by atoms with E-state index in [1.54, 1.807) is 0 Å². The van der Waals surface area contributed by atoms with Crippen LogP contribution in [0.1, 0.15) is 25.0 Å². The van der Waals surface area contributed by atoms with Crippen molar-refractivity contribution in [3.05, 3.63) is 199 Å². The second-order valence-electron chi connectivity index (χ2n) is 15.4. The lowest BCUT2D eigenvalue weighted by molar-refractivity contribution is 0.660. The maximum atomic E-state index is 2.42. The van der Waals surface area contributed by atoms with Crippen LogP contribution in [0.5, 0.6) is 0 Å². The minimum absolute atomic E-state index is 0.0901. The van der Waals surface area contributed by atoms with E-state index in [-0.39, 0.29) is 5.41 Å². The fourth-order valence-electron chi connectivity index (χ4n) is 8.98. The summed E-state index contributed by atoms with van der Waals surface area (Å²) in [7, 11) is 0. The summed E-state index contributed by atoms with van der Waals surface area (Å²) in [5.41, 5.74) is 13.6. The van der Waals surface area contributed by atoms with Crippen molar-refractivity contribution in [2.75, 3.05) is 4.90 Å². The first-order chi connectivity index (χ1) is 27.0. The predicted octanol–water partition coefficient (Wildman–Crippen LogP) is 15.5. The molecule has 0 saturated carbocycles. The van der Waals surface area contributed by atoms with Gasteiger partial charge in [-0.3, -0.25) is 0 Å². The molecule has 260 valence electrons. The molecule has 9 aromatic carbocycles. The van der Waals surface area contributed by atoms with Gasteiger partial charge in [-0.1, -0.05) is 141 Å². The van der Waals surface area contributed by atoms with Crippen LogP contribution >= 0.6 is 11.3 Å². The van der Waals surface area contributed by atoms with E-state index in [0.717, 1.165) is 17.1 Å². The summed E-state index contributed by atoms with van der Waals surface area (Å²) in [6.07, 6.45) is 0. The molecule has 0 unspecified atom stereocenters. The molecule has 1 nitrogen and oxygen atoms in total. The smallest absolute Gasteiger partial charge is 0.0465 e. The van der Waals surface area contributed by atoms with Crippen LogP contribution in [0.3, 0.4) is 0 Å². The van der Waals surface area contributed by atoms with Crippen LogP contribution in [0.2, 0.25) is 0 Å². The molecule has 0 saturated heterocycles. The predicted molar refractivity (Wildman–Crippen MR) is 237 cm³/mol. The van der Waals surface area contributed by atoms with Gasteiger partial charge in [-0.15, -0.1) is 11.3 Å². The van der Waals surface area contributed by atoms with Crippen LogP contribution in [0.15, 0.2) is 188 Å². The molecule has 0 bridgehead atoms. The molecule has 0 spiro atoms. The van der Waals surface area contributed by atoms with E-state index in [0.29, 0.717) is 0 Å². The van der Waals surface area contributed by atoms with Gasteiger partial charge in [0.1, 0.15) is 0 Å². The van der Waals surface area contributed by atoms with Gasteiger partial charge < -0.3 is 4.90 Å². The Hall–Kier alpha value is -6.48. The molecule has 11 rings (SSSR count). The van der Waals surface area contributed by atoms with Crippen molar-refractivity contribution in [2.45, 2.75) is 19.3 Å². The molecular formula is C53H37NS. The highest BCUT2D eigenvalue weighted by atomic mass is 32.1. The molecule has 1 heterocycles. The lowest BCUT2D eigenvalue weighted by Crippen LogP contribution is -2.16. The van der Waals surface area contributed by atoms with Crippen LogP contribution in [0.4, 0.5) is 17.1 Å². The fourth-order valence-corrected chi connectivity index (χ4v) is 10.1. The molecule has 1 aliphatic carbocycles. The SMILES string of the molecule is CC1(C)c2ccccc2-c2ccc(N(c3ccc(-c4ccc5ccccc5c4)cc3)c3ccc(-c4ccc5sc6ccc7ccccc7c6c5c4)cc3)cc21. The number of rotatable bonds is 5. The summed E-state index contributed by atoms with van der Waals surface area (Å²) in [5.74, 6) is 0. The largest absolute Gasteiger partial charge is 0.310 e. The van der Waals surface area contributed by atoms with E-state index >= 15 is 0 Å². The zero-order valence-corrected chi connectivity index (χ0v) is 31.6. The Morgan fingerprint density at radius 3 is 1.73 bits per heavy atom. The molecule has 0 aliphatic heterocycles. The number of hydrogen-bond donors (Lipinski definition) is 0. The maximum Gasteiger partial charge on any atom is 0.0465 e. The first-order valence-electron chi connectivity index (χ1n) is 19.1. The lowest BCUT2D eigenvalue weighted by atomic mass is 9.82. The van der Waals surface area contributed by atoms with Gasteiger partial charge in [0.2, 0.25) is 0 Å². The van der Waals surface area contributed by atoms with E-state index in [4.69, 9.17) is 0 Å². The molecule has 0 amide bonds. The van der Waals surface area contributed by atoms with Gasteiger partial charge in [-0.05, 0) is 127 Å². The maximum absolute atomic E-state index is 2.42. The lowest BCUT2D eigenvalue weighted by Gasteiger charge is -2.28. The van der Waals surface area contributed by atoms with Crippen molar-refractivity contribution in [3.8, 4) is 33.4 Å². The van der Waals surface area contributed by atoms with Crippen LogP contribution in [-0.2, 0) is 5.41 Å². The zero-order valence-electron chi connectivity index (χ0n) is 30.8. The van der Waals surface area contributed by atoms with E-state index in [1.807, 2.05) is 11.3 Å². The summed E-state index contributed by atoms with van der Waals surface area (Å²) in [4.78, 5) is 2.41. The molecule has 10 aromatic rings. The van der Waals surface area contributed by atoms with E-state index < -0.39 is 0 Å². The van der Waals surface area contributed by atoms with Crippen LogP contribution in [0.25, 0.3) is 75.1 Å². The molecule has 0 N–H and O–H groups in total. The first-order valence-corrected chi connectivity index (χ1v) is 19.9. The Labute approximate surface area is 325 Å². The summed E-state index contributed by atoms with van der Waals surface area (Å²) in [6.45, 7) is 4.71. The molecule has 1 aromatic heterocycles. The van der Waals surface area contributed by atoms with Crippen molar-refractivity contribution in [2.24, 2.45) is 0 Å². The molecule has 1 aliphatic rings. The van der Waals surface area contributed by atoms with Gasteiger partial charge in [-0.2, -0.15) is 0 Å². The van der Waals surface area contributed by atoms with Crippen LogP contribution < -0.4 is 4.90 Å². The van der Waals surface area contributed by atoms with Crippen molar-refractivity contribution >= 4 is 70.1 Å². The number of hydrogen-bond acceptors (Lipinski definition) is 2. The van der Waals surface area contributed by atoms with Crippen molar-refractivity contribution in [1.29, 1.82) is 0 Å². The Kier molecular flexibility index (Phi) is 7.14. The summed E-state index contributed by atoms with van der Waals surface area (Å²) in [5, 5.41) is 7.81. The zero-order chi connectivity index (χ0) is 36.7. The third-order valence-electron chi connectivity index (χ3n) is 11.9. The van der Waals surface area contributed by atoms with E-state index in [9.17, 15) is 0 Å².